The summed E-state index contributed by atoms with van der Waals surface area (Å²) < 4.78 is 67.6. The van der Waals surface area contributed by atoms with Gasteiger partial charge in [0.2, 0.25) is 10.0 Å². The Labute approximate surface area is 117 Å². The van der Waals surface area contributed by atoms with Crippen LogP contribution in [0.15, 0.2) is 0 Å². The largest absolute Gasteiger partial charge is 0.402 e. The van der Waals surface area contributed by atoms with Gasteiger partial charge in [-0.15, -0.1) is 0 Å². The predicted octanol–water partition coefficient (Wildman–Crippen LogP) is 0.969. The number of nitrogens with one attached hydrogen (secondary N) is 1. The van der Waals surface area contributed by atoms with E-state index in [1.54, 1.807) is 6.92 Å². The Hall–Kier alpha value is -0.380. The lowest BCUT2D eigenvalue weighted by Crippen LogP contribution is -2.50. The van der Waals surface area contributed by atoms with Crippen LogP contribution in [0.1, 0.15) is 19.8 Å². The van der Waals surface area contributed by atoms with Gasteiger partial charge < -0.3 is 10.1 Å². The third kappa shape index (κ3) is 5.94. The minimum absolute atomic E-state index is 0.0852. The van der Waals surface area contributed by atoms with Crippen LogP contribution in [-0.4, -0.2) is 63.5 Å². The van der Waals surface area contributed by atoms with Crippen molar-refractivity contribution < 1.29 is 26.3 Å². The Kier molecular flexibility index (Phi) is 6.70. The van der Waals surface area contributed by atoms with Crippen molar-refractivity contribution in [2.45, 2.75) is 32.0 Å². The second-order valence-electron chi connectivity index (χ2n) is 4.65. The first-order valence-electron chi connectivity index (χ1n) is 6.61. The van der Waals surface area contributed by atoms with Gasteiger partial charge in [-0.25, -0.2) is 8.42 Å². The number of halogens is 3. The molecule has 1 aliphatic heterocycles. The zero-order valence-corrected chi connectivity index (χ0v) is 12.3. The van der Waals surface area contributed by atoms with E-state index in [2.05, 4.69) is 5.32 Å². The monoisotopic (exact) mass is 318 g/mol. The van der Waals surface area contributed by atoms with E-state index in [1.165, 1.54) is 0 Å². The van der Waals surface area contributed by atoms with Crippen LogP contribution in [0.2, 0.25) is 0 Å². The molecule has 1 fully saturated rings. The topological polar surface area (TPSA) is 58.6 Å². The molecule has 9 heteroatoms. The van der Waals surface area contributed by atoms with Gasteiger partial charge in [-0.2, -0.15) is 17.5 Å². The lowest BCUT2D eigenvalue weighted by molar-refractivity contribution is -0.140. The van der Waals surface area contributed by atoms with Gasteiger partial charge in [-0.1, -0.05) is 0 Å². The van der Waals surface area contributed by atoms with Gasteiger partial charge in [-0.3, -0.25) is 0 Å². The fourth-order valence-corrected chi connectivity index (χ4v) is 3.72. The van der Waals surface area contributed by atoms with Crippen molar-refractivity contribution in [3.8, 4) is 0 Å². The van der Waals surface area contributed by atoms with Gasteiger partial charge in [0.15, 0.2) is 0 Å². The summed E-state index contributed by atoms with van der Waals surface area (Å²) in [6.45, 7) is 1.58. The van der Waals surface area contributed by atoms with Crippen LogP contribution in [0, 0.1) is 0 Å². The average molecular weight is 318 g/mol. The highest BCUT2D eigenvalue weighted by molar-refractivity contribution is 7.89. The Morgan fingerprint density at radius 1 is 1.30 bits per heavy atom. The van der Waals surface area contributed by atoms with Gasteiger partial charge in [0, 0.05) is 12.6 Å². The Balaban J connectivity index is 2.79. The Bertz CT molecular complexity index is 381. The summed E-state index contributed by atoms with van der Waals surface area (Å²) in [5.41, 5.74) is 0. The molecule has 1 heterocycles. The maximum atomic E-state index is 12.6. The Morgan fingerprint density at radius 3 is 2.40 bits per heavy atom. The zero-order valence-electron chi connectivity index (χ0n) is 11.4. The van der Waals surface area contributed by atoms with Crippen LogP contribution in [0.5, 0.6) is 0 Å². The SMILES string of the molecule is CCOCCS(=O)(=O)N(CC(F)(F)F)C1CCNCC1. The molecule has 0 aromatic heterocycles. The maximum absolute atomic E-state index is 12.6. The number of alkyl halides is 3. The molecule has 1 saturated heterocycles. The van der Waals surface area contributed by atoms with Crippen molar-refractivity contribution in [3.63, 3.8) is 0 Å². The van der Waals surface area contributed by atoms with Gasteiger partial charge in [-0.05, 0) is 32.9 Å². The molecule has 20 heavy (non-hydrogen) atoms. The summed E-state index contributed by atoms with van der Waals surface area (Å²) in [6.07, 6.45) is -3.75. The Morgan fingerprint density at radius 2 is 1.90 bits per heavy atom. The molecule has 0 aliphatic carbocycles. The summed E-state index contributed by atoms with van der Waals surface area (Å²) >= 11 is 0. The molecule has 5 nitrogen and oxygen atoms in total. The fourth-order valence-electron chi connectivity index (χ4n) is 2.15. The van der Waals surface area contributed by atoms with Crippen molar-refractivity contribution in [1.29, 1.82) is 0 Å². The van der Waals surface area contributed by atoms with Crippen LogP contribution in [0.4, 0.5) is 13.2 Å². The first-order valence-corrected chi connectivity index (χ1v) is 8.22. The summed E-state index contributed by atoms with van der Waals surface area (Å²) in [7, 11) is -3.97. The highest BCUT2D eigenvalue weighted by atomic mass is 32.2. The molecule has 0 amide bonds. The summed E-state index contributed by atoms with van der Waals surface area (Å²) in [5, 5.41) is 3.01. The smallest absolute Gasteiger partial charge is 0.381 e. The number of piperidine rings is 1. The molecule has 0 spiro atoms. The van der Waals surface area contributed by atoms with Crippen LogP contribution >= 0.6 is 0 Å². The molecule has 0 atom stereocenters. The number of hydrogen-bond acceptors (Lipinski definition) is 4. The van der Waals surface area contributed by atoms with Crippen LogP contribution in [0.25, 0.3) is 0 Å². The third-order valence-electron chi connectivity index (χ3n) is 3.10. The van der Waals surface area contributed by atoms with Crippen LogP contribution < -0.4 is 5.32 Å². The molecular weight excluding hydrogens is 297 g/mol. The first kappa shape index (κ1) is 17.7. The van der Waals surface area contributed by atoms with Crippen molar-refractivity contribution >= 4 is 10.0 Å². The minimum Gasteiger partial charge on any atom is -0.381 e. The van der Waals surface area contributed by atoms with E-state index in [0.29, 0.717) is 36.8 Å². The molecule has 0 saturated carbocycles. The van der Waals surface area contributed by atoms with E-state index in [1.807, 2.05) is 0 Å². The second kappa shape index (κ2) is 7.58. The van der Waals surface area contributed by atoms with Crippen LogP contribution in [-0.2, 0) is 14.8 Å². The van der Waals surface area contributed by atoms with Gasteiger partial charge in [0.1, 0.15) is 6.54 Å². The predicted molar refractivity (Wildman–Crippen MR) is 68.9 cm³/mol. The lowest BCUT2D eigenvalue weighted by Gasteiger charge is -2.34. The first-order chi connectivity index (χ1) is 9.26. The van der Waals surface area contributed by atoms with Crippen molar-refractivity contribution in [2.24, 2.45) is 0 Å². The summed E-state index contributed by atoms with van der Waals surface area (Å²) in [6, 6.07) is -0.593. The molecule has 0 aromatic rings. The van der Waals surface area contributed by atoms with Gasteiger partial charge >= 0.3 is 6.18 Å². The highest BCUT2D eigenvalue weighted by Gasteiger charge is 2.40. The zero-order chi connectivity index (χ0) is 15.2. The van der Waals surface area contributed by atoms with E-state index < -0.39 is 34.5 Å². The molecule has 120 valence electrons. The summed E-state index contributed by atoms with van der Waals surface area (Å²) in [5.74, 6) is -0.416. The van der Waals surface area contributed by atoms with E-state index in [0.717, 1.165) is 0 Å². The van der Waals surface area contributed by atoms with Gasteiger partial charge in [0.25, 0.3) is 0 Å². The normalized spacial score (nSPS) is 18.6. The molecule has 0 unspecified atom stereocenters. The molecule has 1 rings (SSSR count). The second-order valence-corrected chi connectivity index (χ2v) is 6.70. The molecule has 1 N–H and O–H groups in total. The minimum atomic E-state index is -4.54. The number of sulfonamides is 1. The van der Waals surface area contributed by atoms with E-state index >= 15 is 0 Å². The standard InChI is InChI=1S/C11H21F3N2O3S/c1-2-19-7-8-20(17,18)16(9-11(12,13)14)10-3-5-15-6-4-10/h10,15H,2-9H2,1H3. The van der Waals surface area contributed by atoms with E-state index in [4.69, 9.17) is 4.74 Å². The number of nitrogens with zero attached hydrogens (tertiary/aromatic N) is 1. The quantitative estimate of drug-likeness (QED) is 0.711. The van der Waals surface area contributed by atoms with Gasteiger partial charge in [0.05, 0.1) is 12.4 Å². The molecular formula is C11H21F3N2O3S. The van der Waals surface area contributed by atoms with Crippen molar-refractivity contribution in [3.05, 3.63) is 0 Å². The van der Waals surface area contributed by atoms with Crippen molar-refractivity contribution in [1.82, 2.24) is 9.62 Å². The third-order valence-corrected chi connectivity index (χ3v) is 4.92. The molecule has 0 aromatic carbocycles. The molecule has 1 aliphatic rings. The molecule has 0 bridgehead atoms. The number of hydrogen-bond donors (Lipinski definition) is 1. The maximum Gasteiger partial charge on any atom is 0.402 e. The van der Waals surface area contributed by atoms with E-state index in [-0.39, 0.29) is 6.61 Å². The average Bonchev–Trinajstić information content (AvgIpc) is 2.36. The number of ether oxygens (including phenoxy) is 1. The highest BCUT2D eigenvalue weighted by Crippen LogP contribution is 2.24. The van der Waals surface area contributed by atoms with Crippen molar-refractivity contribution in [2.75, 3.05) is 38.6 Å². The number of rotatable bonds is 7. The van der Waals surface area contributed by atoms with E-state index in [9.17, 15) is 21.6 Å². The molecule has 0 radical (unpaired) electrons. The summed E-state index contributed by atoms with van der Waals surface area (Å²) in [4.78, 5) is 0. The fraction of sp³-hybridized carbons (Fsp3) is 1.00. The van der Waals surface area contributed by atoms with Crippen LogP contribution in [0.3, 0.4) is 0 Å². The lowest BCUT2D eigenvalue weighted by atomic mass is 10.1.